The zero-order valence-electron chi connectivity index (χ0n) is 16.4. The van der Waals surface area contributed by atoms with Gasteiger partial charge in [-0.05, 0) is 37.0 Å². The number of benzene rings is 1. The molecule has 1 aliphatic rings. The molecule has 0 radical (unpaired) electrons. The number of likely N-dealkylation sites (tertiary alicyclic amines) is 1. The van der Waals surface area contributed by atoms with Crippen LogP contribution in [0.25, 0.3) is 5.69 Å². The molecule has 2 aromatic rings. The number of nitrogens with zero attached hydrogens (tertiary/aromatic N) is 3. The molecule has 1 N–H and O–H groups in total. The van der Waals surface area contributed by atoms with E-state index < -0.39 is 0 Å². The number of carbonyl (C=O) groups excluding carboxylic acids is 2. The van der Waals surface area contributed by atoms with E-state index in [1.54, 1.807) is 16.9 Å². The maximum absolute atomic E-state index is 12.8. The third kappa shape index (κ3) is 4.73. The van der Waals surface area contributed by atoms with E-state index in [0.29, 0.717) is 30.1 Å². The minimum absolute atomic E-state index is 0.106. The monoisotopic (exact) mass is 402 g/mol. The molecule has 2 heterocycles. The van der Waals surface area contributed by atoms with Gasteiger partial charge in [0.2, 0.25) is 5.91 Å². The van der Waals surface area contributed by atoms with E-state index in [2.05, 4.69) is 10.4 Å². The molecule has 28 heavy (non-hydrogen) atoms. The van der Waals surface area contributed by atoms with Crippen molar-refractivity contribution in [3.05, 3.63) is 46.7 Å². The summed E-state index contributed by atoms with van der Waals surface area (Å²) in [6, 6.07) is 7.41. The molecular weight excluding hydrogens is 376 g/mol. The van der Waals surface area contributed by atoms with Crippen LogP contribution in [0.1, 0.15) is 61.5 Å². The van der Waals surface area contributed by atoms with E-state index in [1.807, 2.05) is 36.9 Å². The van der Waals surface area contributed by atoms with Crippen molar-refractivity contribution >= 4 is 23.4 Å². The number of carbonyl (C=O) groups is 2. The summed E-state index contributed by atoms with van der Waals surface area (Å²) in [5, 5.41) is 7.99. The van der Waals surface area contributed by atoms with Crippen LogP contribution in [0.15, 0.2) is 30.5 Å². The Balaban J connectivity index is 1.70. The second kappa shape index (κ2) is 9.24. The lowest BCUT2D eigenvalue weighted by Gasteiger charge is -2.20. The molecule has 1 aromatic carbocycles. The van der Waals surface area contributed by atoms with E-state index in [0.717, 1.165) is 37.2 Å². The molecule has 1 fully saturated rings. The highest BCUT2D eigenvalue weighted by Gasteiger charge is 2.21. The smallest absolute Gasteiger partial charge is 0.254 e. The Morgan fingerprint density at radius 3 is 2.86 bits per heavy atom. The molecule has 1 aromatic heterocycles. The molecule has 0 bridgehead atoms. The molecule has 150 valence electrons. The number of rotatable bonds is 6. The van der Waals surface area contributed by atoms with Gasteiger partial charge in [-0.1, -0.05) is 37.9 Å². The van der Waals surface area contributed by atoms with Crippen LogP contribution in [0.5, 0.6) is 0 Å². The lowest BCUT2D eigenvalue weighted by atomic mass is 10.1. The summed E-state index contributed by atoms with van der Waals surface area (Å²) in [7, 11) is 0. The van der Waals surface area contributed by atoms with E-state index >= 15 is 0 Å². The molecule has 0 saturated carbocycles. The zero-order chi connectivity index (χ0) is 20.1. The summed E-state index contributed by atoms with van der Waals surface area (Å²) in [4.78, 5) is 26.7. The Kier molecular flexibility index (Phi) is 6.73. The van der Waals surface area contributed by atoms with Crippen molar-refractivity contribution in [3.63, 3.8) is 0 Å². The van der Waals surface area contributed by atoms with Crippen LogP contribution < -0.4 is 5.32 Å². The van der Waals surface area contributed by atoms with Crippen LogP contribution >= 0.6 is 11.6 Å². The fourth-order valence-electron chi connectivity index (χ4n) is 3.58. The third-order valence-corrected chi connectivity index (χ3v) is 5.22. The van der Waals surface area contributed by atoms with Gasteiger partial charge < -0.3 is 10.2 Å². The van der Waals surface area contributed by atoms with Crippen molar-refractivity contribution in [2.45, 2.75) is 45.4 Å². The van der Waals surface area contributed by atoms with E-state index in [-0.39, 0.29) is 17.7 Å². The molecule has 0 aliphatic carbocycles. The summed E-state index contributed by atoms with van der Waals surface area (Å²) in [6.45, 7) is 5.82. The first-order chi connectivity index (χ1) is 13.5. The molecular formula is C21H27ClN4O2. The summed E-state index contributed by atoms with van der Waals surface area (Å²) < 4.78 is 1.77. The highest BCUT2D eigenvalue weighted by molar-refractivity contribution is 6.30. The van der Waals surface area contributed by atoms with Crippen LogP contribution in [0.4, 0.5) is 0 Å². The number of nitrogens with one attached hydrogen (secondary N) is 1. The van der Waals surface area contributed by atoms with Gasteiger partial charge in [-0.2, -0.15) is 5.10 Å². The van der Waals surface area contributed by atoms with Crippen molar-refractivity contribution < 1.29 is 9.59 Å². The van der Waals surface area contributed by atoms with Gasteiger partial charge in [-0.3, -0.25) is 9.59 Å². The van der Waals surface area contributed by atoms with Gasteiger partial charge >= 0.3 is 0 Å². The van der Waals surface area contributed by atoms with E-state index in [1.165, 1.54) is 0 Å². The lowest BCUT2D eigenvalue weighted by molar-refractivity contribution is -0.130. The third-order valence-electron chi connectivity index (χ3n) is 4.99. The Hall–Kier alpha value is -2.34. The molecule has 2 amide bonds. The van der Waals surface area contributed by atoms with Crippen molar-refractivity contribution in [1.29, 1.82) is 0 Å². The first-order valence-electron chi connectivity index (χ1n) is 9.87. The topological polar surface area (TPSA) is 67.2 Å². The predicted octanol–water partition coefficient (Wildman–Crippen LogP) is 3.78. The van der Waals surface area contributed by atoms with Gasteiger partial charge in [-0.25, -0.2) is 4.68 Å². The minimum atomic E-state index is -0.167. The van der Waals surface area contributed by atoms with Gasteiger partial charge in [0.05, 0.1) is 23.1 Å². The van der Waals surface area contributed by atoms with Crippen molar-refractivity contribution in [1.82, 2.24) is 20.0 Å². The van der Waals surface area contributed by atoms with Crippen LogP contribution in [0.2, 0.25) is 5.02 Å². The maximum atomic E-state index is 12.8. The average Bonchev–Trinajstić information content (AvgIpc) is 3.01. The van der Waals surface area contributed by atoms with Crippen LogP contribution in [0.3, 0.4) is 0 Å². The van der Waals surface area contributed by atoms with E-state index in [9.17, 15) is 9.59 Å². The standard InChI is InChI=1S/C21H27ClN4O2/c1-15(2)20-18(14-24-26(20)17-8-6-7-16(22)13-17)21(28)23-10-12-25-11-5-3-4-9-19(25)27/h6-8,13-15H,3-5,9-12H2,1-2H3,(H,23,28). The second-order valence-electron chi connectivity index (χ2n) is 7.44. The van der Waals surface area contributed by atoms with Crippen molar-refractivity contribution in [2.24, 2.45) is 0 Å². The average molecular weight is 403 g/mol. The van der Waals surface area contributed by atoms with Gasteiger partial charge in [0.25, 0.3) is 5.91 Å². The lowest BCUT2D eigenvalue weighted by Crippen LogP contribution is -2.38. The Morgan fingerprint density at radius 1 is 1.29 bits per heavy atom. The molecule has 0 spiro atoms. The molecule has 1 saturated heterocycles. The summed E-state index contributed by atoms with van der Waals surface area (Å²) in [5.41, 5.74) is 2.22. The first-order valence-corrected chi connectivity index (χ1v) is 10.2. The Morgan fingerprint density at radius 2 is 2.11 bits per heavy atom. The number of hydrogen-bond donors (Lipinski definition) is 1. The fraction of sp³-hybridized carbons (Fsp3) is 0.476. The van der Waals surface area contributed by atoms with Gasteiger partial charge in [0, 0.05) is 31.1 Å². The Bertz CT molecular complexity index is 847. The number of hydrogen-bond acceptors (Lipinski definition) is 3. The summed E-state index contributed by atoms with van der Waals surface area (Å²) in [5.74, 6) is 0.122. The predicted molar refractivity (Wildman–Crippen MR) is 110 cm³/mol. The minimum Gasteiger partial charge on any atom is -0.350 e. The number of amides is 2. The quantitative estimate of drug-likeness (QED) is 0.799. The molecule has 0 unspecified atom stereocenters. The molecule has 7 heteroatoms. The highest BCUT2D eigenvalue weighted by atomic mass is 35.5. The van der Waals surface area contributed by atoms with Crippen molar-refractivity contribution in [3.8, 4) is 5.69 Å². The van der Waals surface area contributed by atoms with Crippen LogP contribution in [0, 0.1) is 0 Å². The zero-order valence-corrected chi connectivity index (χ0v) is 17.2. The van der Waals surface area contributed by atoms with Crippen molar-refractivity contribution in [2.75, 3.05) is 19.6 Å². The molecule has 6 nitrogen and oxygen atoms in total. The molecule has 0 atom stereocenters. The van der Waals surface area contributed by atoms with Crippen LogP contribution in [-0.2, 0) is 4.79 Å². The second-order valence-corrected chi connectivity index (χ2v) is 7.87. The van der Waals surface area contributed by atoms with Crippen LogP contribution in [-0.4, -0.2) is 46.1 Å². The maximum Gasteiger partial charge on any atom is 0.254 e. The van der Waals surface area contributed by atoms with E-state index in [4.69, 9.17) is 11.6 Å². The SMILES string of the molecule is CC(C)c1c(C(=O)NCCN2CCCCCC2=O)cnn1-c1cccc(Cl)c1. The molecule has 1 aliphatic heterocycles. The summed E-state index contributed by atoms with van der Waals surface area (Å²) >= 11 is 6.11. The Labute approximate surface area is 170 Å². The normalized spacial score (nSPS) is 15.0. The first kappa shape index (κ1) is 20.4. The van der Waals surface area contributed by atoms with Gasteiger partial charge in [-0.15, -0.1) is 0 Å². The fourth-order valence-corrected chi connectivity index (χ4v) is 3.76. The highest BCUT2D eigenvalue weighted by Crippen LogP contribution is 2.24. The molecule has 3 rings (SSSR count). The largest absolute Gasteiger partial charge is 0.350 e. The van der Waals surface area contributed by atoms with Gasteiger partial charge in [0.1, 0.15) is 0 Å². The van der Waals surface area contributed by atoms with Gasteiger partial charge in [0.15, 0.2) is 0 Å². The number of halogens is 1. The summed E-state index contributed by atoms with van der Waals surface area (Å²) in [6.07, 6.45) is 5.29. The number of aromatic nitrogens is 2.